The number of aliphatic hydroxyl groups excluding tert-OH is 1. The highest BCUT2D eigenvalue weighted by atomic mass is 35.5. The van der Waals surface area contributed by atoms with Crippen LogP contribution in [0, 0.1) is 0 Å². The number of hydrogen-bond donors (Lipinski definition) is 2. The molecule has 2 atom stereocenters. The minimum absolute atomic E-state index is 0.00594. The SMILES string of the molecule is COc1ccc(OC)c(CCNC(=O)[C@]2(Cc3ccccc3N=[N+]=[N-])N=C(c3ccc(OCCCO)cc3)O[C@@H]2c2ccc(Cl)cc2Cl)c1. The number of methoxy groups -OCH3 is 2. The molecular formula is C36H35Cl2N5O6. The minimum Gasteiger partial charge on any atom is -0.497 e. The summed E-state index contributed by atoms with van der Waals surface area (Å²) in [6.45, 7) is 0.616. The molecule has 1 amide bonds. The summed E-state index contributed by atoms with van der Waals surface area (Å²) in [5.41, 5.74) is 10.6. The molecule has 1 heterocycles. The lowest BCUT2D eigenvalue weighted by molar-refractivity contribution is -0.128. The molecule has 13 heteroatoms. The second-order valence-corrected chi connectivity index (χ2v) is 12.0. The van der Waals surface area contributed by atoms with Gasteiger partial charge in [-0.3, -0.25) is 4.79 Å². The van der Waals surface area contributed by atoms with Crippen molar-refractivity contribution in [1.29, 1.82) is 0 Å². The van der Waals surface area contributed by atoms with E-state index in [9.17, 15) is 10.3 Å². The van der Waals surface area contributed by atoms with E-state index in [1.165, 1.54) is 0 Å². The first-order chi connectivity index (χ1) is 23.8. The first-order valence-corrected chi connectivity index (χ1v) is 16.2. The van der Waals surface area contributed by atoms with Gasteiger partial charge in [0.25, 0.3) is 5.91 Å². The number of nitrogens with one attached hydrogen (secondary N) is 1. The number of benzene rings is 4. The fourth-order valence-electron chi connectivity index (χ4n) is 5.61. The third kappa shape index (κ3) is 8.21. The molecule has 1 aliphatic rings. The van der Waals surface area contributed by atoms with Crippen molar-refractivity contribution in [1.82, 2.24) is 5.32 Å². The summed E-state index contributed by atoms with van der Waals surface area (Å²) in [5.74, 6) is 1.71. The number of rotatable bonds is 15. The molecule has 0 unspecified atom stereocenters. The maximum absolute atomic E-state index is 14.7. The number of hydrogen-bond acceptors (Lipinski definition) is 8. The maximum Gasteiger partial charge on any atom is 0.252 e. The summed E-state index contributed by atoms with van der Waals surface area (Å²) < 4.78 is 23.2. The zero-order valence-electron chi connectivity index (χ0n) is 26.9. The van der Waals surface area contributed by atoms with Gasteiger partial charge in [-0.05, 0) is 77.7 Å². The molecular weight excluding hydrogens is 669 g/mol. The topological polar surface area (TPSA) is 147 Å². The first-order valence-electron chi connectivity index (χ1n) is 15.5. The highest BCUT2D eigenvalue weighted by Crippen LogP contribution is 2.46. The van der Waals surface area contributed by atoms with Crippen LogP contribution in [-0.4, -0.2) is 56.4 Å². The van der Waals surface area contributed by atoms with Gasteiger partial charge in [0.05, 0.1) is 20.8 Å². The molecule has 11 nitrogen and oxygen atoms in total. The Morgan fingerprint density at radius 3 is 2.51 bits per heavy atom. The summed E-state index contributed by atoms with van der Waals surface area (Å²) in [5, 5.41) is 16.8. The molecule has 4 aromatic rings. The van der Waals surface area contributed by atoms with Gasteiger partial charge in [-0.15, -0.1) is 0 Å². The van der Waals surface area contributed by atoms with Crippen molar-refractivity contribution in [3.05, 3.63) is 128 Å². The number of aliphatic imine (C=N–C) groups is 1. The number of ether oxygens (including phenoxy) is 4. The van der Waals surface area contributed by atoms with Crippen LogP contribution in [0.1, 0.15) is 34.8 Å². The van der Waals surface area contributed by atoms with E-state index in [1.807, 2.05) is 12.1 Å². The van der Waals surface area contributed by atoms with Crippen molar-refractivity contribution in [3.8, 4) is 17.2 Å². The van der Waals surface area contributed by atoms with Crippen LogP contribution in [0.5, 0.6) is 17.2 Å². The van der Waals surface area contributed by atoms with Gasteiger partial charge in [0.1, 0.15) is 17.2 Å². The van der Waals surface area contributed by atoms with Crippen LogP contribution in [0.2, 0.25) is 10.0 Å². The molecule has 0 aliphatic carbocycles. The third-order valence-corrected chi connectivity index (χ3v) is 8.61. The van der Waals surface area contributed by atoms with E-state index < -0.39 is 17.6 Å². The van der Waals surface area contributed by atoms with Crippen LogP contribution in [-0.2, 0) is 22.4 Å². The van der Waals surface area contributed by atoms with E-state index in [0.717, 1.165) is 5.56 Å². The Balaban J connectivity index is 1.58. The number of carbonyl (C=O) groups is 1. The second-order valence-electron chi connectivity index (χ2n) is 11.1. The highest BCUT2D eigenvalue weighted by Gasteiger charge is 2.54. The lowest BCUT2D eigenvalue weighted by atomic mass is 9.81. The number of azide groups is 1. The minimum atomic E-state index is -1.61. The largest absolute Gasteiger partial charge is 0.497 e. The first kappa shape index (κ1) is 35.4. The normalized spacial score (nSPS) is 16.6. The summed E-state index contributed by atoms with van der Waals surface area (Å²) in [6.07, 6.45) is -0.0655. The van der Waals surface area contributed by atoms with Crippen LogP contribution in [0.15, 0.2) is 95.0 Å². The van der Waals surface area contributed by atoms with E-state index in [2.05, 4.69) is 15.3 Å². The predicted molar refractivity (Wildman–Crippen MR) is 188 cm³/mol. The van der Waals surface area contributed by atoms with Gasteiger partial charge >= 0.3 is 0 Å². The van der Waals surface area contributed by atoms with Gasteiger partial charge in [0.15, 0.2) is 11.6 Å². The molecule has 2 N–H and O–H groups in total. The zero-order valence-corrected chi connectivity index (χ0v) is 28.4. The van der Waals surface area contributed by atoms with Gasteiger partial charge in [-0.1, -0.05) is 58.6 Å². The number of nitrogens with zero attached hydrogens (tertiary/aromatic N) is 4. The summed E-state index contributed by atoms with van der Waals surface area (Å²) in [7, 11) is 3.17. The molecule has 0 saturated heterocycles. The molecule has 254 valence electrons. The Morgan fingerprint density at radius 1 is 1.02 bits per heavy atom. The third-order valence-electron chi connectivity index (χ3n) is 8.05. The van der Waals surface area contributed by atoms with Crippen LogP contribution in [0.3, 0.4) is 0 Å². The lowest BCUT2D eigenvalue weighted by Crippen LogP contribution is -2.50. The van der Waals surface area contributed by atoms with Crippen molar-refractivity contribution >= 4 is 40.7 Å². The molecule has 0 aromatic heterocycles. The number of carbonyl (C=O) groups excluding carboxylic acids is 1. The molecule has 49 heavy (non-hydrogen) atoms. The van der Waals surface area contributed by atoms with Crippen LogP contribution >= 0.6 is 23.2 Å². The molecule has 0 saturated carbocycles. The quantitative estimate of drug-likeness (QED) is 0.0565. The van der Waals surface area contributed by atoms with E-state index in [4.69, 9.17) is 52.2 Å². The van der Waals surface area contributed by atoms with Gasteiger partial charge < -0.3 is 29.4 Å². The number of aliphatic hydroxyl groups is 1. The van der Waals surface area contributed by atoms with Crippen molar-refractivity contribution in [2.24, 2.45) is 10.1 Å². The number of halogens is 2. The molecule has 4 aromatic carbocycles. The smallest absolute Gasteiger partial charge is 0.252 e. The van der Waals surface area contributed by atoms with Crippen molar-refractivity contribution in [2.45, 2.75) is 30.9 Å². The summed E-state index contributed by atoms with van der Waals surface area (Å²) >= 11 is 13.0. The molecule has 0 bridgehead atoms. The van der Waals surface area contributed by atoms with Crippen molar-refractivity contribution in [3.63, 3.8) is 0 Å². The van der Waals surface area contributed by atoms with Crippen LogP contribution in [0.25, 0.3) is 10.4 Å². The highest BCUT2D eigenvalue weighted by molar-refractivity contribution is 6.35. The van der Waals surface area contributed by atoms with Gasteiger partial charge in [0.2, 0.25) is 5.90 Å². The van der Waals surface area contributed by atoms with E-state index >= 15 is 0 Å². The fourth-order valence-corrected chi connectivity index (χ4v) is 6.12. The molecule has 5 rings (SSSR count). The monoisotopic (exact) mass is 703 g/mol. The average molecular weight is 705 g/mol. The predicted octanol–water partition coefficient (Wildman–Crippen LogP) is 7.57. The lowest BCUT2D eigenvalue weighted by Gasteiger charge is -2.31. The Bertz CT molecular complexity index is 1870. The van der Waals surface area contributed by atoms with E-state index in [-0.39, 0.29) is 25.5 Å². The van der Waals surface area contributed by atoms with Crippen LogP contribution in [0.4, 0.5) is 5.69 Å². The van der Waals surface area contributed by atoms with Crippen molar-refractivity contribution < 1.29 is 28.8 Å². The Morgan fingerprint density at radius 2 is 1.80 bits per heavy atom. The van der Waals surface area contributed by atoms with E-state index in [1.54, 1.807) is 87.0 Å². The standard InChI is InChI=1S/C36H35Cl2N5O6/c1-46-28-13-15-32(47-2)24(20-28)16-17-40-35(45)36(22-25-6-3-4-7-31(25)42-43-39)33(29-14-10-26(37)21-30(29)38)49-34(41-36)23-8-11-27(12-9-23)48-19-5-18-44/h3-4,6-15,20-21,33,44H,5,16-19,22H2,1-2H3,(H,40,45)/t33-,36-/m1/s1. The Hall–Kier alpha value is -4.93. The molecule has 0 spiro atoms. The number of amides is 1. The maximum atomic E-state index is 14.7. The van der Waals surface area contributed by atoms with E-state index in [0.29, 0.717) is 69.1 Å². The summed E-state index contributed by atoms with van der Waals surface area (Å²) in [6, 6.07) is 24.6. The fraction of sp³-hybridized carbons (Fsp3) is 0.278. The summed E-state index contributed by atoms with van der Waals surface area (Å²) in [4.78, 5) is 22.7. The zero-order chi connectivity index (χ0) is 34.8. The van der Waals surface area contributed by atoms with Gasteiger partial charge in [-0.2, -0.15) is 0 Å². The molecule has 1 aliphatic heterocycles. The molecule has 0 radical (unpaired) electrons. The van der Waals surface area contributed by atoms with Crippen molar-refractivity contribution in [2.75, 3.05) is 34.0 Å². The molecule has 0 fully saturated rings. The average Bonchev–Trinajstić information content (AvgIpc) is 3.49. The van der Waals surface area contributed by atoms with Gasteiger partial charge in [-0.25, -0.2) is 4.99 Å². The Labute approximate surface area is 294 Å². The van der Waals surface area contributed by atoms with Crippen LogP contribution < -0.4 is 19.5 Å². The van der Waals surface area contributed by atoms with Gasteiger partial charge in [0, 0.05) is 57.8 Å². The second kappa shape index (κ2) is 16.5. The Kier molecular flexibility index (Phi) is 11.9.